The third kappa shape index (κ3) is 5.43. The molecule has 2 N–H and O–H groups in total. The van der Waals surface area contributed by atoms with Gasteiger partial charge in [0.1, 0.15) is 0 Å². The van der Waals surface area contributed by atoms with Crippen LogP contribution in [0, 0.1) is 5.41 Å². The number of carboxylic acids is 1. The number of amides is 1. The van der Waals surface area contributed by atoms with Crippen molar-refractivity contribution in [1.82, 2.24) is 5.32 Å². The van der Waals surface area contributed by atoms with Crippen LogP contribution < -0.4 is 5.32 Å². The van der Waals surface area contributed by atoms with Gasteiger partial charge in [-0.05, 0) is 12.8 Å². The Morgan fingerprint density at radius 2 is 1.79 bits per heavy atom. The fourth-order valence-electron chi connectivity index (χ4n) is 2.30. The zero-order valence-corrected chi connectivity index (χ0v) is 12.9. The molecule has 0 radical (unpaired) electrons. The van der Waals surface area contributed by atoms with Crippen LogP contribution in [0.3, 0.4) is 0 Å². The Morgan fingerprint density at radius 1 is 1.21 bits per heavy atom. The molecule has 110 valence electrons. The quantitative estimate of drug-likeness (QED) is 0.816. The molecular weight excluding hydrogens is 262 g/mol. The largest absolute Gasteiger partial charge is 0.481 e. The minimum atomic E-state index is -0.768. The standard InChI is InChI=1S/C14H25NO3S/c1-13(2,3)19-9-11(16)15-10-14(12(17)18)7-5-4-6-8-14/h4-10H2,1-3H3,(H,15,16)(H,17,18). The van der Waals surface area contributed by atoms with E-state index < -0.39 is 11.4 Å². The maximum atomic E-state index is 11.8. The number of carbonyl (C=O) groups excluding carboxylic acids is 1. The van der Waals surface area contributed by atoms with E-state index in [1.54, 1.807) is 11.8 Å². The number of nitrogens with one attached hydrogen (secondary N) is 1. The average molecular weight is 287 g/mol. The number of hydrogen-bond acceptors (Lipinski definition) is 3. The van der Waals surface area contributed by atoms with Crippen LogP contribution in [0.25, 0.3) is 0 Å². The van der Waals surface area contributed by atoms with Crippen molar-refractivity contribution < 1.29 is 14.7 Å². The highest BCUT2D eigenvalue weighted by molar-refractivity contribution is 8.01. The molecule has 0 aliphatic heterocycles. The van der Waals surface area contributed by atoms with E-state index in [4.69, 9.17) is 0 Å². The fourth-order valence-corrected chi connectivity index (χ4v) is 2.96. The van der Waals surface area contributed by atoms with E-state index in [1.807, 2.05) is 0 Å². The molecule has 0 heterocycles. The van der Waals surface area contributed by atoms with Crippen molar-refractivity contribution >= 4 is 23.6 Å². The lowest BCUT2D eigenvalue weighted by Crippen LogP contribution is -2.45. The van der Waals surface area contributed by atoms with Gasteiger partial charge in [0.25, 0.3) is 0 Å². The molecule has 0 spiro atoms. The summed E-state index contributed by atoms with van der Waals surface area (Å²) in [4.78, 5) is 23.2. The molecular formula is C14H25NO3S. The third-order valence-electron chi connectivity index (χ3n) is 3.52. The topological polar surface area (TPSA) is 66.4 Å². The fraction of sp³-hybridized carbons (Fsp3) is 0.857. The van der Waals surface area contributed by atoms with Gasteiger partial charge in [0.15, 0.2) is 0 Å². The first kappa shape index (κ1) is 16.3. The van der Waals surface area contributed by atoms with Gasteiger partial charge in [-0.1, -0.05) is 40.0 Å². The SMILES string of the molecule is CC(C)(C)SCC(=O)NCC1(C(=O)O)CCCCC1. The third-order valence-corrected chi connectivity index (χ3v) is 4.80. The van der Waals surface area contributed by atoms with Gasteiger partial charge in [0, 0.05) is 11.3 Å². The second-order valence-electron chi connectivity index (χ2n) is 6.32. The summed E-state index contributed by atoms with van der Waals surface area (Å²) in [7, 11) is 0. The van der Waals surface area contributed by atoms with Crippen LogP contribution in [0.1, 0.15) is 52.9 Å². The van der Waals surface area contributed by atoms with Crippen LogP contribution in [-0.2, 0) is 9.59 Å². The highest BCUT2D eigenvalue weighted by Crippen LogP contribution is 2.36. The summed E-state index contributed by atoms with van der Waals surface area (Å²) in [5.41, 5.74) is -0.736. The van der Waals surface area contributed by atoms with Crippen molar-refractivity contribution in [2.75, 3.05) is 12.3 Å². The van der Waals surface area contributed by atoms with Crippen molar-refractivity contribution in [2.45, 2.75) is 57.6 Å². The van der Waals surface area contributed by atoms with E-state index in [2.05, 4.69) is 26.1 Å². The summed E-state index contributed by atoms with van der Waals surface area (Å²) in [6.07, 6.45) is 4.34. The Bertz CT molecular complexity index is 330. The summed E-state index contributed by atoms with van der Waals surface area (Å²) >= 11 is 1.58. The highest BCUT2D eigenvalue weighted by atomic mass is 32.2. The summed E-state index contributed by atoms with van der Waals surface area (Å²) in [5, 5.41) is 12.2. The molecule has 0 unspecified atom stereocenters. The second-order valence-corrected chi connectivity index (χ2v) is 8.13. The molecule has 0 aromatic rings. The molecule has 1 aliphatic carbocycles. The summed E-state index contributed by atoms with van der Waals surface area (Å²) in [5.74, 6) is -0.443. The zero-order valence-electron chi connectivity index (χ0n) is 12.1. The molecule has 19 heavy (non-hydrogen) atoms. The van der Waals surface area contributed by atoms with Crippen LogP contribution in [0.15, 0.2) is 0 Å². The Morgan fingerprint density at radius 3 is 2.26 bits per heavy atom. The van der Waals surface area contributed by atoms with Crippen molar-refractivity contribution in [3.8, 4) is 0 Å². The molecule has 0 bridgehead atoms. The van der Waals surface area contributed by atoms with Crippen molar-refractivity contribution in [3.05, 3.63) is 0 Å². The average Bonchev–Trinajstić information content (AvgIpc) is 2.34. The number of thioether (sulfide) groups is 1. The van der Waals surface area contributed by atoms with Gasteiger partial charge >= 0.3 is 5.97 Å². The van der Waals surface area contributed by atoms with E-state index in [-0.39, 0.29) is 17.2 Å². The molecule has 1 fully saturated rings. The maximum absolute atomic E-state index is 11.8. The monoisotopic (exact) mass is 287 g/mol. The first-order chi connectivity index (χ1) is 8.75. The zero-order chi connectivity index (χ0) is 14.5. The van der Waals surface area contributed by atoms with E-state index in [1.165, 1.54) is 0 Å². The number of aliphatic carboxylic acids is 1. The lowest BCUT2D eigenvalue weighted by molar-refractivity contribution is -0.151. The highest BCUT2D eigenvalue weighted by Gasteiger charge is 2.39. The molecule has 1 aliphatic rings. The predicted octanol–water partition coefficient (Wildman–Crippen LogP) is 2.67. The molecule has 0 saturated heterocycles. The molecule has 1 amide bonds. The molecule has 0 atom stereocenters. The van der Waals surface area contributed by atoms with Crippen LogP contribution >= 0.6 is 11.8 Å². The van der Waals surface area contributed by atoms with Gasteiger partial charge in [-0.25, -0.2) is 0 Å². The van der Waals surface area contributed by atoms with Crippen molar-refractivity contribution in [1.29, 1.82) is 0 Å². The molecule has 0 aromatic heterocycles. The predicted molar refractivity (Wildman–Crippen MR) is 78.4 cm³/mol. The van der Waals surface area contributed by atoms with Gasteiger partial charge < -0.3 is 10.4 Å². The lowest BCUT2D eigenvalue weighted by Gasteiger charge is -2.33. The van der Waals surface area contributed by atoms with E-state index in [0.717, 1.165) is 19.3 Å². The van der Waals surface area contributed by atoms with Crippen molar-refractivity contribution in [2.24, 2.45) is 5.41 Å². The number of carbonyl (C=O) groups is 2. The van der Waals surface area contributed by atoms with Crippen LogP contribution in [0.5, 0.6) is 0 Å². The first-order valence-corrected chi connectivity index (χ1v) is 7.88. The van der Waals surface area contributed by atoms with E-state index in [0.29, 0.717) is 18.6 Å². The normalized spacial score (nSPS) is 18.9. The maximum Gasteiger partial charge on any atom is 0.311 e. The summed E-state index contributed by atoms with van der Waals surface area (Å²) in [6.45, 7) is 6.45. The van der Waals surface area contributed by atoms with Crippen molar-refractivity contribution in [3.63, 3.8) is 0 Å². The minimum Gasteiger partial charge on any atom is -0.481 e. The van der Waals surface area contributed by atoms with Gasteiger partial charge in [-0.3, -0.25) is 9.59 Å². The molecule has 5 heteroatoms. The minimum absolute atomic E-state index is 0.0483. The van der Waals surface area contributed by atoms with Gasteiger partial charge in [0.2, 0.25) is 5.91 Å². The van der Waals surface area contributed by atoms with Crippen LogP contribution in [0.4, 0.5) is 0 Å². The first-order valence-electron chi connectivity index (χ1n) is 6.89. The van der Waals surface area contributed by atoms with Gasteiger partial charge in [-0.2, -0.15) is 0 Å². The van der Waals surface area contributed by atoms with E-state index >= 15 is 0 Å². The Labute approximate surface area is 119 Å². The van der Waals surface area contributed by atoms with Gasteiger partial charge in [-0.15, -0.1) is 11.8 Å². The van der Waals surface area contributed by atoms with Crippen LogP contribution in [0.2, 0.25) is 0 Å². The second kappa shape index (κ2) is 6.64. The van der Waals surface area contributed by atoms with Gasteiger partial charge in [0.05, 0.1) is 11.2 Å². The Kier molecular flexibility index (Phi) is 5.71. The molecule has 0 aromatic carbocycles. The Hall–Kier alpha value is -0.710. The molecule has 4 nitrogen and oxygen atoms in total. The van der Waals surface area contributed by atoms with Crippen LogP contribution in [-0.4, -0.2) is 34.0 Å². The summed E-state index contributed by atoms with van der Waals surface area (Å²) in [6, 6.07) is 0. The number of carboxylic acid groups (broad SMARTS) is 1. The molecule has 1 rings (SSSR count). The number of hydrogen-bond donors (Lipinski definition) is 2. The van der Waals surface area contributed by atoms with E-state index in [9.17, 15) is 14.7 Å². The smallest absolute Gasteiger partial charge is 0.311 e. The molecule has 1 saturated carbocycles. The lowest BCUT2D eigenvalue weighted by atomic mass is 9.74. The Balaban J connectivity index is 2.44. The number of rotatable bonds is 5. The summed E-state index contributed by atoms with van der Waals surface area (Å²) < 4.78 is 0.0483.